The molecule has 0 spiro atoms. The van der Waals surface area contributed by atoms with E-state index < -0.39 is 0 Å². The van der Waals surface area contributed by atoms with Crippen molar-refractivity contribution in [1.82, 2.24) is 4.90 Å². The highest BCUT2D eigenvalue weighted by Gasteiger charge is 2.25. The highest BCUT2D eigenvalue weighted by Crippen LogP contribution is 2.21. The van der Waals surface area contributed by atoms with Gasteiger partial charge in [-0.1, -0.05) is 6.07 Å². The number of likely N-dealkylation sites (tertiary alicyclic amines) is 1. The fourth-order valence-electron chi connectivity index (χ4n) is 2.70. The summed E-state index contributed by atoms with van der Waals surface area (Å²) >= 11 is 0. The number of nitrogens with two attached hydrogens (primary N) is 1. The molecule has 1 heterocycles. The second-order valence-electron chi connectivity index (χ2n) is 5.77. The van der Waals surface area contributed by atoms with E-state index in [4.69, 9.17) is 5.73 Å². The summed E-state index contributed by atoms with van der Waals surface area (Å²) in [6, 6.07) is 7.04. The van der Waals surface area contributed by atoms with Crippen LogP contribution in [0.25, 0.3) is 0 Å². The van der Waals surface area contributed by atoms with Gasteiger partial charge in [0.25, 0.3) is 0 Å². The molecule has 0 saturated carbocycles. The third-order valence-corrected chi connectivity index (χ3v) is 3.79. The van der Waals surface area contributed by atoms with Crippen molar-refractivity contribution in [3.8, 4) is 0 Å². The van der Waals surface area contributed by atoms with Crippen LogP contribution in [-0.4, -0.2) is 42.3 Å². The van der Waals surface area contributed by atoms with Gasteiger partial charge in [0.15, 0.2) is 0 Å². The summed E-state index contributed by atoms with van der Waals surface area (Å²) in [5.41, 5.74) is 6.48. The van der Waals surface area contributed by atoms with Gasteiger partial charge in [-0.3, -0.25) is 19.3 Å². The van der Waals surface area contributed by atoms with E-state index in [-0.39, 0.29) is 30.2 Å². The molecule has 0 bridgehead atoms. The first kappa shape index (κ1) is 17.0. The van der Waals surface area contributed by atoms with E-state index in [0.29, 0.717) is 37.3 Å². The Balaban J connectivity index is 1.88. The van der Waals surface area contributed by atoms with E-state index in [1.807, 2.05) is 4.90 Å². The fraction of sp³-hybridized carbons (Fsp3) is 0.438. The van der Waals surface area contributed by atoms with Gasteiger partial charge >= 0.3 is 0 Å². The summed E-state index contributed by atoms with van der Waals surface area (Å²) < 4.78 is 0. The number of carbonyl (C=O) groups excluding carboxylic acids is 3. The second-order valence-corrected chi connectivity index (χ2v) is 5.77. The Morgan fingerprint density at radius 2 is 1.78 bits per heavy atom. The second kappa shape index (κ2) is 7.73. The summed E-state index contributed by atoms with van der Waals surface area (Å²) in [4.78, 5) is 36.3. The Bertz CT molecular complexity index is 595. The van der Waals surface area contributed by atoms with Crippen LogP contribution in [0.3, 0.4) is 0 Å². The lowest BCUT2D eigenvalue weighted by Crippen LogP contribution is -2.42. The van der Waals surface area contributed by atoms with Crippen LogP contribution in [0.15, 0.2) is 24.3 Å². The molecule has 23 heavy (non-hydrogen) atoms. The Kier molecular flexibility index (Phi) is 5.70. The van der Waals surface area contributed by atoms with Crippen molar-refractivity contribution in [1.29, 1.82) is 0 Å². The van der Waals surface area contributed by atoms with Crippen molar-refractivity contribution in [3.63, 3.8) is 0 Å². The molecule has 0 aliphatic carbocycles. The maximum Gasteiger partial charge on any atom is 0.231 e. The number of hydrogen-bond acceptors (Lipinski definition) is 4. The van der Waals surface area contributed by atoms with Crippen LogP contribution in [0.1, 0.15) is 19.8 Å². The molecule has 1 saturated heterocycles. The van der Waals surface area contributed by atoms with Gasteiger partial charge in [-0.15, -0.1) is 0 Å². The molecule has 2 rings (SSSR count). The molecule has 7 nitrogen and oxygen atoms in total. The summed E-state index contributed by atoms with van der Waals surface area (Å²) in [7, 11) is 0. The zero-order valence-corrected chi connectivity index (χ0v) is 13.2. The van der Waals surface area contributed by atoms with Crippen LogP contribution in [0.4, 0.5) is 11.4 Å². The predicted molar refractivity (Wildman–Crippen MR) is 87.7 cm³/mol. The number of amides is 3. The van der Waals surface area contributed by atoms with Crippen molar-refractivity contribution >= 4 is 29.1 Å². The molecule has 1 aliphatic heterocycles. The van der Waals surface area contributed by atoms with Gasteiger partial charge in [0, 0.05) is 24.2 Å². The topological polar surface area (TPSA) is 105 Å². The zero-order chi connectivity index (χ0) is 16.8. The van der Waals surface area contributed by atoms with E-state index in [9.17, 15) is 14.4 Å². The number of nitrogens with one attached hydrogen (secondary N) is 2. The normalized spacial score (nSPS) is 15.9. The minimum atomic E-state index is -0.345. The maximum absolute atomic E-state index is 12.3. The number of benzene rings is 1. The van der Waals surface area contributed by atoms with Crippen molar-refractivity contribution in [2.45, 2.75) is 19.8 Å². The molecule has 124 valence electrons. The summed E-state index contributed by atoms with van der Waals surface area (Å²) in [6.45, 7) is 3.05. The molecule has 0 aromatic heterocycles. The first-order chi connectivity index (χ1) is 10.9. The number of rotatable bonds is 5. The molecule has 4 N–H and O–H groups in total. The van der Waals surface area contributed by atoms with Gasteiger partial charge in [0.1, 0.15) is 0 Å². The summed E-state index contributed by atoms with van der Waals surface area (Å²) in [5, 5.41) is 5.56. The highest BCUT2D eigenvalue weighted by molar-refractivity contribution is 5.94. The lowest BCUT2D eigenvalue weighted by molar-refractivity contribution is -0.122. The van der Waals surface area contributed by atoms with E-state index in [1.165, 1.54) is 6.92 Å². The van der Waals surface area contributed by atoms with E-state index >= 15 is 0 Å². The van der Waals surface area contributed by atoms with E-state index in [2.05, 4.69) is 10.6 Å². The lowest BCUT2D eigenvalue weighted by Gasteiger charge is -2.30. The van der Waals surface area contributed by atoms with Gasteiger partial charge < -0.3 is 16.4 Å². The number of nitrogens with zero attached hydrogens (tertiary/aromatic N) is 1. The van der Waals surface area contributed by atoms with Crippen LogP contribution in [0, 0.1) is 5.92 Å². The van der Waals surface area contributed by atoms with Crippen LogP contribution in [0.2, 0.25) is 0 Å². The van der Waals surface area contributed by atoms with Crippen molar-refractivity contribution in [3.05, 3.63) is 24.3 Å². The van der Waals surface area contributed by atoms with Crippen molar-refractivity contribution in [2.24, 2.45) is 11.7 Å². The van der Waals surface area contributed by atoms with Crippen LogP contribution >= 0.6 is 0 Å². The summed E-state index contributed by atoms with van der Waals surface area (Å²) in [6.07, 6.45) is 1.40. The van der Waals surface area contributed by atoms with E-state index in [0.717, 1.165) is 0 Å². The molecule has 1 aromatic carbocycles. The molecule has 3 amide bonds. The molecular formula is C16H22N4O3. The molecule has 0 radical (unpaired) electrons. The fourth-order valence-corrected chi connectivity index (χ4v) is 2.70. The van der Waals surface area contributed by atoms with Gasteiger partial charge in [-0.25, -0.2) is 0 Å². The third-order valence-electron chi connectivity index (χ3n) is 3.79. The molecular weight excluding hydrogens is 296 g/mol. The van der Waals surface area contributed by atoms with Gasteiger partial charge in [0.2, 0.25) is 17.7 Å². The van der Waals surface area contributed by atoms with Crippen molar-refractivity contribution in [2.75, 3.05) is 30.3 Å². The number of hydrogen-bond donors (Lipinski definition) is 3. The Hall–Kier alpha value is -2.41. The number of primary amides is 1. The van der Waals surface area contributed by atoms with Crippen molar-refractivity contribution < 1.29 is 14.4 Å². The minimum absolute atomic E-state index is 0.0382. The highest BCUT2D eigenvalue weighted by atomic mass is 16.2. The average molecular weight is 318 g/mol. The Morgan fingerprint density at radius 3 is 2.35 bits per heavy atom. The molecule has 7 heteroatoms. The Morgan fingerprint density at radius 1 is 1.17 bits per heavy atom. The summed E-state index contributed by atoms with van der Waals surface area (Å²) in [5.74, 6) is -0.620. The SMILES string of the molecule is CC(=O)Nc1cccc(NC(=O)C2CCN(CC(N)=O)CC2)c1. The van der Waals surface area contributed by atoms with Crippen LogP contribution in [0.5, 0.6) is 0 Å². The smallest absolute Gasteiger partial charge is 0.231 e. The monoisotopic (exact) mass is 318 g/mol. The molecule has 1 aliphatic rings. The average Bonchev–Trinajstić information content (AvgIpc) is 2.47. The lowest BCUT2D eigenvalue weighted by atomic mass is 9.96. The van der Waals surface area contributed by atoms with Crippen LogP contribution in [-0.2, 0) is 14.4 Å². The quantitative estimate of drug-likeness (QED) is 0.746. The van der Waals surface area contributed by atoms with Gasteiger partial charge in [-0.05, 0) is 44.1 Å². The van der Waals surface area contributed by atoms with Crippen LogP contribution < -0.4 is 16.4 Å². The standard InChI is InChI=1S/C16H22N4O3/c1-11(21)18-13-3-2-4-14(9-13)19-16(23)12-5-7-20(8-6-12)10-15(17)22/h2-4,9,12H,5-8,10H2,1H3,(H2,17,22)(H,18,21)(H,19,23). The molecule has 1 fully saturated rings. The zero-order valence-electron chi connectivity index (χ0n) is 13.2. The maximum atomic E-state index is 12.3. The largest absolute Gasteiger partial charge is 0.369 e. The molecule has 1 aromatic rings. The number of anilines is 2. The van der Waals surface area contributed by atoms with E-state index in [1.54, 1.807) is 24.3 Å². The first-order valence-corrected chi connectivity index (χ1v) is 7.63. The van der Waals surface area contributed by atoms with Gasteiger partial charge in [0.05, 0.1) is 6.54 Å². The number of piperidine rings is 1. The first-order valence-electron chi connectivity index (χ1n) is 7.63. The van der Waals surface area contributed by atoms with Gasteiger partial charge in [-0.2, -0.15) is 0 Å². The minimum Gasteiger partial charge on any atom is -0.369 e. The Labute approximate surface area is 135 Å². The molecule has 0 unspecified atom stereocenters. The predicted octanol–water partition coefficient (Wildman–Crippen LogP) is 0.781. The third kappa shape index (κ3) is 5.37. The molecule has 0 atom stereocenters. The number of carbonyl (C=O) groups is 3.